The molecule has 0 aliphatic heterocycles. The van der Waals surface area contributed by atoms with Crippen molar-refractivity contribution in [3.63, 3.8) is 0 Å². The molecule has 0 unspecified atom stereocenters. The number of anilines is 1. The molecule has 0 bridgehead atoms. The standard InChI is InChI=1S/C15H10FIN2O/c16-10-8-12(18)9-4-3-7-19-14(9)15(10)20-13-6-2-1-5-11(13)17/h1-8H,18H2. The lowest BCUT2D eigenvalue weighted by molar-refractivity contribution is 0.444. The molecule has 0 amide bonds. The molecule has 3 rings (SSSR count). The van der Waals surface area contributed by atoms with E-state index < -0.39 is 5.82 Å². The molecule has 0 saturated heterocycles. The Morgan fingerprint density at radius 3 is 2.75 bits per heavy atom. The highest BCUT2D eigenvalue weighted by atomic mass is 127. The minimum atomic E-state index is -0.520. The van der Waals surface area contributed by atoms with Crippen LogP contribution in [0.1, 0.15) is 0 Å². The Hall–Kier alpha value is -1.89. The highest BCUT2D eigenvalue weighted by Crippen LogP contribution is 2.35. The van der Waals surface area contributed by atoms with E-state index in [-0.39, 0.29) is 5.75 Å². The molecule has 0 atom stereocenters. The number of rotatable bonds is 2. The predicted molar refractivity (Wildman–Crippen MR) is 85.3 cm³/mol. The van der Waals surface area contributed by atoms with E-state index in [1.807, 2.05) is 18.2 Å². The van der Waals surface area contributed by atoms with Crippen molar-refractivity contribution in [3.8, 4) is 11.5 Å². The summed E-state index contributed by atoms with van der Waals surface area (Å²) in [5.41, 5.74) is 6.58. The van der Waals surface area contributed by atoms with Gasteiger partial charge in [0.05, 0.1) is 3.57 Å². The molecule has 0 aliphatic carbocycles. The third-order valence-electron chi connectivity index (χ3n) is 2.88. The summed E-state index contributed by atoms with van der Waals surface area (Å²) in [5.74, 6) is 0.163. The van der Waals surface area contributed by atoms with Gasteiger partial charge in [-0.05, 0) is 46.9 Å². The van der Waals surface area contributed by atoms with Crippen molar-refractivity contribution in [3.05, 3.63) is 58.0 Å². The molecule has 3 aromatic rings. The summed E-state index contributed by atoms with van der Waals surface area (Å²) in [6, 6.07) is 12.2. The Kier molecular flexibility index (Phi) is 3.43. The molecule has 0 aliphatic rings. The van der Waals surface area contributed by atoms with Gasteiger partial charge in [-0.3, -0.25) is 4.98 Å². The third-order valence-corrected chi connectivity index (χ3v) is 3.77. The zero-order chi connectivity index (χ0) is 14.1. The number of pyridine rings is 1. The SMILES string of the molecule is Nc1cc(F)c(Oc2ccccc2I)c2ncccc12. The van der Waals surface area contributed by atoms with Gasteiger partial charge in [-0.15, -0.1) is 0 Å². The van der Waals surface area contributed by atoms with Crippen molar-refractivity contribution in [1.82, 2.24) is 4.98 Å². The number of ether oxygens (including phenoxy) is 1. The Balaban J connectivity index is 2.19. The van der Waals surface area contributed by atoms with Crippen molar-refractivity contribution >= 4 is 39.2 Å². The first-order chi connectivity index (χ1) is 9.66. The molecule has 100 valence electrons. The highest BCUT2D eigenvalue weighted by Gasteiger charge is 2.15. The lowest BCUT2D eigenvalue weighted by Gasteiger charge is -2.12. The number of nitrogens with zero attached hydrogens (tertiary/aromatic N) is 1. The number of nitrogens with two attached hydrogens (primary N) is 1. The van der Waals surface area contributed by atoms with E-state index in [4.69, 9.17) is 10.5 Å². The van der Waals surface area contributed by atoms with E-state index in [0.29, 0.717) is 22.3 Å². The molecule has 5 heteroatoms. The second kappa shape index (κ2) is 5.24. The number of hydrogen-bond donors (Lipinski definition) is 1. The summed E-state index contributed by atoms with van der Waals surface area (Å²) in [7, 11) is 0. The van der Waals surface area contributed by atoms with Gasteiger partial charge in [0, 0.05) is 23.3 Å². The van der Waals surface area contributed by atoms with Gasteiger partial charge in [0.1, 0.15) is 11.3 Å². The second-order valence-electron chi connectivity index (χ2n) is 4.21. The van der Waals surface area contributed by atoms with Gasteiger partial charge < -0.3 is 10.5 Å². The first-order valence-electron chi connectivity index (χ1n) is 5.92. The summed E-state index contributed by atoms with van der Waals surface area (Å²) in [4.78, 5) is 4.18. The smallest absolute Gasteiger partial charge is 0.189 e. The van der Waals surface area contributed by atoms with Gasteiger partial charge in [0.15, 0.2) is 11.6 Å². The van der Waals surface area contributed by atoms with E-state index in [9.17, 15) is 4.39 Å². The summed E-state index contributed by atoms with van der Waals surface area (Å²) < 4.78 is 20.8. The number of benzene rings is 2. The van der Waals surface area contributed by atoms with Gasteiger partial charge in [-0.25, -0.2) is 4.39 Å². The van der Waals surface area contributed by atoms with Gasteiger partial charge in [0.2, 0.25) is 0 Å². The van der Waals surface area contributed by atoms with E-state index >= 15 is 0 Å². The third kappa shape index (κ3) is 2.29. The normalized spacial score (nSPS) is 10.7. The molecule has 3 nitrogen and oxygen atoms in total. The number of halogens is 2. The van der Waals surface area contributed by atoms with Gasteiger partial charge in [-0.1, -0.05) is 12.1 Å². The molecule has 0 spiro atoms. The maximum absolute atomic E-state index is 14.2. The molecular weight excluding hydrogens is 370 g/mol. The summed E-state index contributed by atoms with van der Waals surface area (Å²) in [5, 5.41) is 0.676. The Morgan fingerprint density at radius 2 is 1.95 bits per heavy atom. The first-order valence-corrected chi connectivity index (χ1v) is 7.00. The van der Waals surface area contributed by atoms with Crippen LogP contribution >= 0.6 is 22.6 Å². The fraction of sp³-hybridized carbons (Fsp3) is 0. The Labute approximate surface area is 128 Å². The maximum Gasteiger partial charge on any atom is 0.189 e. The van der Waals surface area contributed by atoms with Crippen LogP contribution in [0.2, 0.25) is 0 Å². The average Bonchev–Trinajstić information content (AvgIpc) is 2.45. The number of nitrogen functional groups attached to an aromatic ring is 1. The van der Waals surface area contributed by atoms with Crippen LogP contribution in [-0.2, 0) is 0 Å². The van der Waals surface area contributed by atoms with Gasteiger partial charge >= 0.3 is 0 Å². The Morgan fingerprint density at radius 1 is 1.15 bits per heavy atom. The maximum atomic E-state index is 14.2. The van der Waals surface area contributed by atoms with Crippen LogP contribution in [0, 0.1) is 9.39 Å². The van der Waals surface area contributed by atoms with Crippen molar-refractivity contribution in [2.75, 3.05) is 5.73 Å². The molecule has 2 aromatic carbocycles. The molecule has 20 heavy (non-hydrogen) atoms. The summed E-state index contributed by atoms with van der Waals surface area (Å²) in [6.07, 6.45) is 1.59. The molecule has 0 fully saturated rings. The Bertz CT molecular complexity index is 792. The van der Waals surface area contributed by atoms with Crippen LogP contribution in [0.5, 0.6) is 11.5 Å². The van der Waals surface area contributed by atoms with Crippen LogP contribution in [0.3, 0.4) is 0 Å². The molecule has 1 heterocycles. The van der Waals surface area contributed by atoms with Crippen LogP contribution < -0.4 is 10.5 Å². The lowest BCUT2D eigenvalue weighted by atomic mass is 10.1. The monoisotopic (exact) mass is 380 g/mol. The van der Waals surface area contributed by atoms with Crippen LogP contribution in [-0.4, -0.2) is 4.98 Å². The van der Waals surface area contributed by atoms with Crippen molar-refractivity contribution in [2.45, 2.75) is 0 Å². The van der Waals surface area contributed by atoms with Crippen molar-refractivity contribution < 1.29 is 9.13 Å². The number of hydrogen-bond acceptors (Lipinski definition) is 3. The largest absolute Gasteiger partial charge is 0.451 e. The van der Waals surface area contributed by atoms with E-state index in [1.165, 1.54) is 6.07 Å². The predicted octanol–water partition coefficient (Wildman–Crippen LogP) is 4.35. The summed E-state index contributed by atoms with van der Waals surface area (Å²) in [6.45, 7) is 0. The van der Waals surface area contributed by atoms with Gasteiger partial charge in [0.25, 0.3) is 0 Å². The number of fused-ring (bicyclic) bond motifs is 1. The molecule has 1 aromatic heterocycles. The zero-order valence-electron chi connectivity index (χ0n) is 10.3. The topological polar surface area (TPSA) is 48.1 Å². The molecule has 0 radical (unpaired) electrons. The van der Waals surface area contributed by atoms with Crippen molar-refractivity contribution in [1.29, 1.82) is 0 Å². The lowest BCUT2D eigenvalue weighted by Crippen LogP contribution is -1.97. The van der Waals surface area contributed by atoms with E-state index in [1.54, 1.807) is 24.4 Å². The van der Waals surface area contributed by atoms with Crippen molar-refractivity contribution in [2.24, 2.45) is 0 Å². The van der Waals surface area contributed by atoms with E-state index in [0.717, 1.165) is 3.57 Å². The second-order valence-corrected chi connectivity index (χ2v) is 5.37. The van der Waals surface area contributed by atoms with Crippen LogP contribution in [0.25, 0.3) is 10.9 Å². The zero-order valence-corrected chi connectivity index (χ0v) is 12.5. The molecule has 0 saturated carbocycles. The van der Waals surface area contributed by atoms with E-state index in [2.05, 4.69) is 27.6 Å². The minimum Gasteiger partial charge on any atom is -0.451 e. The first kappa shape index (κ1) is 13.1. The average molecular weight is 380 g/mol. The molecular formula is C15H10FIN2O. The molecule has 2 N–H and O–H groups in total. The quantitative estimate of drug-likeness (QED) is 0.531. The fourth-order valence-electron chi connectivity index (χ4n) is 1.95. The number of para-hydroxylation sites is 1. The fourth-order valence-corrected chi connectivity index (χ4v) is 2.44. The summed E-state index contributed by atoms with van der Waals surface area (Å²) >= 11 is 2.14. The minimum absolute atomic E-state index is 0.0962. The van der Waals surface area contributed by atoms with Gasteiger partial charge in [-0.2, -0.15) is 0 Å². The number of aromatic nitrogens is 1. The highest BCUT2D eigenvalue weighted by molar-refractivity contribution is 14.1. The van der Waals surface area contributed by atoms with Crippen LogP contribution in [0.4, 0.5) is 10.1 Å². The van der Waals surface area contributed by atoms with Crippen LogP contribution in [0.15, 0.2) is 48.7 Å².